The Bertz CT molecular complexity index is 812. The summed E-state index contributed by atoms with van der Waals surface area (Å²) in [5.41, 5.74) is 1.61. The third kappa shape index (κ3) is 4.73. The van der Waals surface area contributed by atoms with E-state index in [0.29, 0.717) is 29.8 Å². The van der Waals surface area contributed by atoms with Crippen LogP contribution < -0.4 is 4.74 Å². The lowest BCUT2D eigenvalue weighted by Gasteiger charge is -2.29. The van der Waals surface area contributed by atoms with Crippen LogP contribution in [0.1, 0.15) is 56.1 Å². The van der Waals surface area contributed by atoms with Crippen LogP contribution in [0.15, 0.2) is 48.5 Å². The summed E-state index contributed by atoms with van der Waals surface area (Å²) < 4.78 is 19.6. The molecule has 0 N–H and O–H groups in total. The number of rotatable bonds is 7. The first-order valence-electron chi connectivity index (χ1n) is 10.5. The molecule has 0 aromatic heterocycles. The van der Waals surface area contributed by atoms with Gasteiger partial charge in [-0.3, -0.25) is 4.79 Å². The van der Waals surface area contributed by atoms with Gasteiger partial charge >= 0.3 is 0 Å². The summed E-state index contributed by atoms with van der Waals surface area (Å²) >= 11 is 0. The molecule has 0 aliphatic heterocycles. The topological polar surface area (TPSA) is 29.5 Å². The highest BCUT2D eigenvalue weighted by molar-refractivity contribution is 5.79. The van der Waals surface area contributed by atoms with E-state index in [4.69, 9.17) is 4.74 Å². The molecular formula is C24H28FNO2. The van der Waals surface area contributed by atoms with E-state index in [9.17, 15) is 9.18 Å². The van der Waals surface area contributed by atoms with Crippen molar-refractivity contribution in [3.8, 4) is 5.75 Å². The highest BCUT2D eigenvalue weighted by atomic mass is 19.1. The second-order valence-corrected chi connectivity index (χ2v) is 8.06. The Morgan fingerprint density at radius 3 is 2.54 bits per heavy atom. The van der Waals surface area contributed by atoms with Gasteiger partial charge in [-0.25, -0.2) is 4.39 Å². The zero-order valence-corrected chi connectivity index (χ0v) is 16.3. The number of carbonyl (C=O) groups is 1. The van der Waals surface area contributed by atoms with E-state index in [2.05, 4.69) is 4.90 Å². The predicted molar refractivity (Wildman–Crippen MR) is 107 cm³/mol. The standard InChI is InChI=1S/C24H28FNO2/c25-23-12-5-4-10-20(23)17-28-22-11-6-7-18(15-22)16-26(21-13-14-21)24(27)19-8-2-1-3-9-19/h4-7,10-12,15,19,21H,1-3,8-9,13-14,16-17H2. The van der Waals surface area contributed by atoms with Crippen molar-refractivity contribution in [2.24, 2.45) is 5.92 Å². The van der Waals surface area contributed by atoms with E-state index in [1.165, 1.54) is 25.3 Å². The van der Waals surface area contributed by atoms with Crippen LogP contribution in [0.2, 0.25) is 0 Å². The number of amides is 1. The Morgan fingerprint density at radius 2 is 1.79 bits per heavy atom. The molecule has 2 aromatic carbocycles. The van der Waals surface area contributed by atoms with Crippen LogP contribution in [-0.4, -0.2) is 16.8 Å². The molecule has 2 aromatic rings. The monoisotopic (exact) mass is 381 g/mol. The van der Waals surface area contributed by atoms with E-state index < -0.39 is 0 Å². The minimum atomic E-state index is -0.253. The van der Waals surface area contributed by atoms with E-state index in [-0.39, 0.29) is 18.3 Å². The lowest BCUT2D eigenvalue weighted by Crippen LogP contribution is -2.38. The molecule has 0 unspecified atom stereocenters. The third-order valence-corrected chi connectivity index (χ3v) is 5.83. The molecule has 28 heavy (non-hydrogen) atoms. The van der Waals surface area contributed by atoms with Crippen molar-refractivity contribution in [1.82, 2.24) is 4.90 Å². The number of hydrogen-bond donors (Lipinski definition) is 0. The van der Waals surface area contributed by atoms with Gasteiger partial charge in [0.2, 0.25) is 5.91 Å². The second kappa shape index (κ2) is 8.76. The fourth-order valence-electron chi connectivity index (χ4n) is 4.06. The Hall–Kier alpha value is -2.36. The summed E-state index contributed by atoms with van der Waals surface area (Å²) in [6, 6.07) is 14.9. The molecule has 2 fully saturated rings. The Kier molecular flexibility index (Phi) is 5.94. The zero-order valence-electron chi connectivity index (χ0n) is 16.3. The molecule has 0 bridgehead atoms. The maximum atomic E-state index is 13.8. The van der Waals surface area contributed by atoms with Crippen LogP contribution in [0, 0.1) is 11.7 Å². The minimum Gasteiger partial charge on any atom is -0.489 e. The van der Waals surface area contributed by atoms with E-state index in [1.807, 2.05) is 30.3 Å². The van der Waals surface area contributed by atoms with E-state index in [1.54, 1.807) is 12.1 Å². The molecule has 0 spiro atoms. The highest BCUT2D eigenvalue weighted by Crippen LogP contribution is 2.33. The molecule has 4 rings (SSSR count). The van der Waals surface area contributed by atoms with Gasteiger partial charge in [0.25, 0.3) is 0 Å². The van der Waals surface area contributed by atoms with Crippen molar-refractivity contribution in [3.63, 3.8) is 0 Å². The number of ether oxygens (including phenoxy) is 1. The molecule has 0 heterocycles. The molecule has 2 aliphatic rings. The first kappa shape index (κ1) is 19.0. The van der Waals surface area contributed by atoms with Crippen LogP contribution in [0.25, 0.3) is 0 Å². The van der Waals surface area contributed by atoms with Crippen molar-refractivity contribution < 1.29 is 13.9 Å². The van der Waals surface area contributed by atoms with E-state index in [0.717, 1.165) is 31.2 Å². The van der Waals surface area contributed by atoms with Gasteiger partial charge in [-0.1, -0.05) is 49.6 Å². The summed E-state index contributed by atoms with van der Waals surface area (Å²) in [6.07, 6.45) is 7.91. The van der Waals surface area contributed by atoms with Crippen LogP contribution >= 0.6 is 0 Å². The number of nitrogens with zero attached hydrogens (tertiary/aromatic N) is 1. The molecule has 4 heteroatoms. The molecule has 3 nitrogen and oxygen atoms in total. The fourth-order valence-corrected chi connectivity index (χ4v) is 4.06. The Labute approximate surface area is 166 Å². The van der Waals surface area contributed by atoms with Crippen LogP contribution in [0.4, 0.5) is 4.39 Å². The quantitative estimate of drug-likeness (QED) is 0.636. The van der Waals surface area contributed by atoms with Crippen molar-refractivity contribution in [1.29, 1.82) is 0 Å². The maximum absolute atomic E-state index is 13.8. The highest BCUT2D eigenvalue weighted by Gasteiger charge is 2.36. The normalized spacial score (nSPS) is 17.3. The second-order valence-electron chi connectivity index (χ2n) is 8.06. The molecule has 0 saturated heterocycles. The summed E-state index contributed by atoms with van der Waals surface area (Å²) in [6.45, 7) is 0.834. The van der Waals surface area contributed by atoms with Gasteiger partial charge in [-0.2, -0.15) is 0 Å². The van der Waals surface area contributed by atoms with Crippen molar-refractivity contribution in [3.05, 3.63) is 65.5 Å². The average molecular weight is 381 g/mol. The minimum absolute atomic E-state index is 0.198. The van der Waals surface area contributed by atoms with Crippen molar-refractivity contribution in [2.45, 2.75) is 64.1 Å². The largest absolute Gasteiger partial charge is 0.489 e. The van der Waals surface area contributed by atoms with E-state index >= 15 is 0 Å². The maximum Gasteiger partial charge on any atom is 0.226 e. The average Bonchev–Trinajstić information content (AvgIpc) is 3.57. The molecule has 0 atom stereocenters. The lowest BCUT2D eigenvalue weighted by atomic mass is 9.88. The fraction of sp³-hybridized carbons (Fsp3) is 0.458. The molecule has 2 aliphatic carbocycles. The van der Waals surface area contributed by atoms with Gasteiger partial charge in [-0.05, 0) is 49.4 Å². The van der Waals surface area contributed by atoms with Gasteiger partial charge in [0.1, 0.15) is 18.2 Å². The zero-order chi connectivity index (χ0) is 19.3. The van der Waals surface area contributed by atoms with Crippen molar-refractivity contribution >= 4 is 5.91 Å². The summed E-state index contributed by atoms with van der Waals surface area (Å²) in [5.74, 6) is 0.993. The third-order valence-electron chi connectivity index (χ3n) is 5.83. The molecule has 2 saturated carbocycles. The Balaban J connectivity index is 1.41. The summed E-state index contributed by atoms with van der Waals surface area (Å²) in [5, 5.41) is 0. The summed E-state index contributed by atoms with van der Waals surface area (Å²) in [4.78, 5) is 15.2. The molecule has 1 amide bonds. The predicted octanol–water partition coefficient (Wildman–Crippen LogP) is 5.48. The van der Waals surface area contributed by atoms with Gasteiger partial charge < -0.3 is 9.64 Å². The van der Waals surface area contributed by atoms with Gasteiger partial charge in [0.05, 0.1) is 0 Å². The van der Waals surface area contributed by atoms with Gasteiger partial charge in [-0.15, -0.1) is 0 Å². The van der Waals surface area contributed by atoms with Crippen LogP contribution in [-0.2, 0) is 17.9 Å². The lowest BCUT2D eigenvalue weighted by molar-refractivity contribution is -0.137. The first-order valence-corrected chi connectivity index (χ1v) is 10.5. The van der Waals surface area contributed by atoms with Crippen LogP contribution in [0.3, 0.4) is 0 Å². The molecular weight excluding hydrogens is 353 g/mol. The van der Waals surface area contributed by atoms with Crippen molar-refractivity contribution in [2.75, 3.05) is 0 Å². The number of hydrogen-bond acceptors (Lipinski definition) is 2. The molecule has 148 valence electrons. The smallest absolute Gasteiger partial charge is 0.226 e. The number of carbonyl (C=O) groups excluding carboxylic acids is 1. The van der Waals surface area contributed by atoms with Gasteiger partial charge in [0.15, 0.2) is 0 Å². The Morgan fingerprint density at radius 1 is 1.00 bits per heavy atom. The summed E-state index contributed by atoms with van der Waals surface area (Å²) in [7, 11) is 0. The number of benzene rings is 2. The SMILES string of the molecule is O=C(C1CCCCC1)N(Cc1cccc(OCc2ccccc2F)c1)C1CC1. The number of halogens is 1. The van der Waals surface area contributed by atoms with Gasteiger partial charge in [0, 0.05) is 24.1 Å². The van der Waals surface area contributed by atoms with Crippen LogP contribution in [0.5, 0.6) is 5.75 Å². The first-order chi connectivity index (χ1) is 13.7. The molecule has 0 radical (unpaired) electrons.